The van der Waals surface area contributed by atoms with Crippen molar-refractivity contribution in [3.63, 3.8) is 0 Å². The van der Waals surface area contributed by atoms with Crippen molar-refractivity contribution in [1.82, 2.24) is 14.1 Å². The van der Waals surface area contributed by atoms with Crippen molar-refractivity contribution in [2.45, 2.75) is 77.5 Å². The molecule has 5 atom stereocenters. The maximum atomic E-state index is 13.0. The Labute approximate surface area is 187 Å². The summed E-state index contributed by atoms with van der Waals surface area (Å²) in [7, 11) is -3.64. The molecule has 0 N–H and O–H groups in total. The monoisotopic (exact) mass is 461 g/mol. The molecule has 3 aliphatic rings. The highest BCUT2D eigenvalue weighted by Crippen LogP contribution is 2.41. The Bertz CT molecular complexity index is 775. The molecule has 0 aromatic carbocycles. The van der Waals surface area contributed by atoms with Gasteiger partial charge in [-0.2, -0.15) is 0 Å². The molecule has 3 saturated heterocycles. The number of hydrogen-bond donors (Lipinski definition) is 0. The number of halogens is 1. The Morgan fingerprint density at radius 2 is 1.77 bits per heavy atom. The maximum absolute atomic E-state index is 13.0. The summed E-state index contributed by atoms with van der Waals surface area (Å²) in [6.45, 7) is 9.51. The molecular formula is C21H36ClN3O4S. The van der Waals surface area contributed by atoms with Gasteiger partial charge in [-0.15, -0.1) is 12.4 Å². The van der Waals surface area contributed by atoms with Crippen molar-refractivity contribution in [3.05, 3.63) is 12.2 Å². The molecular weight excluding hydrogens is 426 g/mol. The average Bonchev–Trinajstić information content (AvgIpc) is 3.12. The molecule has 7 nitrogen and oxygen atoms in total. The van der Waals surface area contributed by atoms with Crippen molar-refractivity contribution < 1.29 is 18.0 Å². The summed E-state index contributed by atoms with van der Waals surface area (Å²) in [5.74, 6) is -0.996. The molecule has 2 unspecified atom stereocenters. The van der Waals surface area contributed by atoms with Gasteiger partial charge in [0.05, 0.1) is 24.3 Å². The Hall–Kier alpha value is -1.12. The third-order valence-electron chi connectivity index (χ3n) is 6.90. The van der Waals surface area contributed by atoms with Crippen LogP contribution in [0, 0.1) is 11.8 Å². The fourth-order valence-corrected chi connectivity index (χ4v) is 6.67. The van der Waals surface area contributed by atoms with Gasteiger partial charge in [0.2, 0.25) is 21.8 Å². The summed E-state index contributed by atoms with van der Waals surface area (Å²) < 4.78 is 25.5. The van der Waals surface area contributed by atoms with Crippen LogP contribution in [0.5, 0.6) is 0 Å². The minimum absolute atomic E-state index is 0. The molecule has 172 valence electrons. The molecule has 3 fully saturated rings. The third-order valence-corrected chi connectivity index (χ3v) is 8.07. The Balaban J connectivity index is 0.00000320. The smallest absolute Gasteiger partial charge is 0.246 e. The predicted octanol–water partition coefficient (Wildman–Crippen LogP) is 2.27. The van der Waals surface area contributed by atoms with E-state index >= 15 is 0 Å². The summed E-state index contributed by atoms with van der Waals surface area (Å²) in [4.78, 5) is 30.0. The van der Waals surface area contributed by atoms with Crippen LogP contribution in [0.15, 0.2) is 12.2 Å². The number of amides is 2. The number of piperidine rings is 1. The van der Waals surface area contributed by atoms with Crippen LogP contribution in [-0.2, 0) is 19.6 Å². The first kappa shape index (κ1) is 25.1. The minimum atomic E-state index is -3.64. The van der Waals surface area contributed by atoms with Gasteiger partial charge in [0, 0.05) is 31.2 Å². The zero-order valence-corrected chi connectivity index (χ0v) is 20.3. The second-order valence-electron chi connectivity index (χ2n) is 9.27. The summed E-state index contributed by atoms with van der Waals surface area (Å²) in [5.41, 5.74) is 0. The van der Waals surface area contributed by atoms with Gasteiger partial charge in [0.1, 0.15) is 0 Å². The van der Waals surface area contributed by atoms with Crippen molar-refractivity contribution in [1.29, 1.82) is 0 Å². The van der Waals surface area contributed by atoms with E-state index in [1.165, 1.54) is 19.3 Å². The van der Waals surface area contributed by atoms with E-state index in [1.54, 1.807) is 11.0 Å². The van der Waals surface area contributed by atoms with Gasteiger partial charge in [-0.25, -0.2) is 12.7 Å². The third kappa shape index (κ3) is 4.70. The lowest BCUT2D eigenvalue weighted by Crippen LogP contribution is -2.44. The molecule has 0 radical (unpaired) electrons. The molecule has 0 spiro atoms. The first-order chi connectivity index (χ1) is 13.5. The highest BCUT2D eigenvalue weighted by atomic mass is 35.5. The molecule has 3 rings (SSSR count). The molecule has 0 aromatic heterocycles. The molecule has 0 saturated carbocycles. The summed E-state index contributed by atoms with van der Waals surface area (Å²) in [6, 6.07) is 0.207. The van der Waals surface area contributed by atoms with E-state index in [0.29, 0.717) is 25.0 Å². The minimum Gasteiger partial charge on any atom is -0.333 e. The van der Waals surface area contributed by atoms with E-state index in [2.05, 4.69) is 18.7 Å². The molecule has 3 heterocycles. The highest BCUT2D eigenvalue weighted by Gasteiger charge is 2.58. The van der Waals surface area contributed by atoms with Crippen molar-refractivity contribution in [2.75, 3.05) is 19.3 Å². The Morgan fingerprint density at radius 1 is 1.17 bits per heavy atom. The lowest BCUT2D eigenvalue weighted by atomic mass is 9.88. The van der Waals surface area contributed by atoms with Gasteiger partial charge in [0.15, 0.2) is 0 Å². The number of hydrogen-bond acceptors (Lipinski definition) is 5. The van der Waals surface area contributed by atoms with Gasteiger partial charge in [-0.1, -0.05) is 26.3 Å². The lowest BCUT2D eigenvalue weighted by molar-refractivity contribution is -0.131. The molecule has 0 aliphatic carbocycles. The van der Waals surface area contributed by atoms with E-state index in [-0.39, 0.29) is 36.2 Å². The number of carbonyl (C=O) groups is 2. The van der Waals surface area contributed by atoms with Gasteiger partial charge >= 0.3 is 0 Å². The second kappa shape index (κ2) is 9.57. The van der Waals surface area contributed by atoms with E-state index in [1.807, 2.05) is 19.9 Å². The predicted molar refractivity (Wildman–Crippen MR) is 120 cm³/mol. The fourth-order valence-electron chi connectivity index (χ4n) is 5.50. The van der Waals surface area contributed by atoms with Crippen LogP contribution in [0.25, 0.3) is 0 Å². The standard InChI is InChI=1S/C21H35N3O4S.ClH/c1-14(2)19-20-17(24(21(19)26)29(5,27)28)11-13-23(20)18(25)10-7-12-22-15(3)8-6-9-16(22)4;/h7,10,14-17,19-20H,6,8-9,11-13H2,1-5H3;1H/b10-7+;/t15?,16?,17-,19+,20-;/m0./s1. The van der Waals surface area contributed by atoms with Gasteiger partial charge in [-0.3, -0.25) is 14.5 Å². The van der Waals surface area contributed by atoms with Crippen LogP contribution in [0.4, 0.5) is 0 Å². The van der Waals surface area contributed by atoms with E-state index < -0.39 is 22.0 Å². The van der Waals surface area contributed by atoms with Crippen LogP contribution in [0.1, 0.15) is 53.4 Å². The number of rotatable bonds is 5. The SMILES string of the molecule is CC(C)[C@H]1C(=O)N(S(C)(=O)=O)[C@H]2CCN(C(=O)/C=C/CN3C(C)CCCC3C)[C@H]12.Cl. The van der Waals surface area contributed by atoms with Crippen molar-refractivity contribution >= 4 is 34.2 Å². The number of likely N-dealkylation sites (tertiary alicyclic amines) is 2. The van der Waals surface area contributed by atoms with Gasteiger partial charge < -0.3 is 4.90 Å². The first-order valence-electron chi connectivity index (χ1n) is 10.8. The largest absolute Gasteiger partial charge is 0.333 e. The highest BCUT2D eigenvalue weighted by molar-refractivity contribution is 7.88. The number of nitrogens with zero attached hydrogens (tertiary/aromatic N) is 3. The van der Waals surface area contributed by atoms with E-state index in [0.717, 1.165) is 17.1 Å². The average molecular weight is 462 g/mol. The molecule has 3 aliphatic heterocycles. The zero-order chi connectivity index (χ0) is 21.5. The lowest BCUT2D eigenvalue weighted by Gasteiger charge is -2.38. The van der Waals surface area contributed by atoms with Crippen molar-refractivity contribution in [2.24, 2.45) is 11.8 Å². The number of sulfonamides is 1. The topological polar surface area (TPSA) is 78.0 Å². The van der Waals surface area contributed by atoms with Gasteiger partial charge in [0.25, 0.3) is 0 Å². The van der Waals surface area contributed by atoms with Crippen LogP contribution in [-0.4, -0.2) is 77.8 Å². The van der Waals surface area contributed by atoms with Crippen LogP contribution >= 0.6 is 12.4 Å². The summed E-state index contributed by atoms with van der Waals surface area (Å²) in [5, 5.41) is 0. The normalized spacial score (nSPS) is 32.7. The molecule has 2 amide bonds. The van der Waals surface area contributed by atoms with Crippen molar-refractivity contribution in [3.8, 4) is 0 Å². The van der Waals surface area contributed by atoms with E-state index in [4.69, 9.17) is 0 Å². The van der Waals surface area contributed by atoms with Crippen LogP contribution in [0.2, 0.25) is 0 Å². The van der Waals surface area contributed by atoms with Crippen LogP contribution in [0.3, 0.4) is 0 Å². The van der Waals surface area contributed by atoms with Crippen LogP contribution < -0.4 is 0 Å². The molecule has 0 aromatic rings. The maximum Gasteiger partial charge on any atom is 0.246 e. The Morgan fingerprint density at radius 3 is 2.30 bits per heavy atom. The summed E-state index contributed by atoms with van der Waals surface area (Å²) >= 11 is 0. The zero-order valence-electron chi connectivity index (χ0n) is 18.7. The quantitative estimate of drug-likeness (QED) is 0.587. The first-order valence-corrected chi connectivity index (χ1v) is 12.6. The van der Waals surface area contributed by atoms with Gasteiger partial charge in [-0.05, 0) is 39.0 Å². The Kier molecular flexibility index (Phi) is 8.02. The molecule has 0 bridgehead atoms. The fraction of sp³-hybridized carbons (Fsp3) is 0.810. The van der Waals surface area contributed by atoms with E-state index in [9.17, 15) is 18.0 Å². The number of carbonyl (C=O) groups excluding carboxylic acids is 2. The molecule has 30 heavy (non-hydrogen) atoms. The number of fused-ring (bicyclic) bond motifs is 1. The second-order valence-corrected chi connectivity index (χ2v) is 11.1. The summed E-state index contributed by atoms with van der Waals surface area (Å²) in [6.07, 6.45) is 8.73. The molecule has 9 heteroatoms.